The van der Waals surface area contributed by atoms with Gasteiger partial charge in [-0.2, -0.15) is 0 Å². The lowest BCUT2D eigenvalue weighted by Gasteiger charge is -2.17. The summed E-state index contributed by atoms with van der Waals surface area (Å²) in [4.78, 5) is 23.5. The van der Waals surface area contributed by atoms with Gasteiger partial charge in [-0.3, -0.25) is 9.59 Å². The molecule has 0 saturated heterocycles. The van der Waals surface area contributed by atoms with Crippen LogP contribution in [0.2, 0.25) is 0 Å². The molecule has 0 bridgehead atoms. The molecule has 0 fully saturated rings. The average Bonchev–Trinajstić information content (AvgIpc) is 2.34. The van der Waals surface area contributed by atoms with Crippen molar-refractivity contribution in [3.63, 3.8) is 0 Å². The Kier molecular flexibility index (Phi) is 9.21. The van der Waals surface area contributed by atoms with Crippen molar-refractivity contribution in [1.82, 2.24) is 10.6 Å². The van der Waals surface area contributed by atoms with E-state index >= 15 is 0 Å². The fraction of sp³-hybridized carbons (Fsp3) is 0.857. The molecule has 0 aliphatic heterocycles. The molecule has 3 atom stereocenters. The summed E-state index contributed by atoms with van der Waals surface area (Å²) >= 11 is 0. The average molecular weight is 271 g/mol. The summed E-state index contributed by atoms with van der Waals surface area (Å²) < 4.78 is 0. The van der Waals surface area contributed by atoms with Crippen molar-refractivity contribution in [3.8, 4) is 0 Å². The van der Waals surface area contributed by atoms with Crippen LogP contribution in [0.15, 0.2) is 0 Å². The molecule has 19 heavy (non-hydrogen) atoms. The molecule has 5 nitrogen and oxygen atoms in total. The number of nitrogens with one attached hydrogen (secondary N) is 2. The van der Waals surface area contributed by atoms with Gasteiger partial charge in [-0.1, -0.05) is 20.3 Å². The Morgan fingerprint density at radius 1 is 1.11 bits per heavy atom. The molecule has 0 heterocycles. The molecular formula is C14H29N3O2. The van der Waals surface area contributed by atoms with Gasteiger partial charge in [-0.15, -0.1) is 0 Å². The van der Waals surface area contributed by atoms with Crippen LogP contribution in [0.3, 0.4) is 0 Å². The van der Waals surface area contributed by atoms with Gasteiger partial charge in [0.05, 0.1) is 0 Å². The molecule has 4 N–H and O–H groups in total. The van der Waals surface area contributed by atoms with E-state index in [1.165, 1.54) is 0 Å². The van der Waals surface area contributed by atoms with Gasteiger partial charge >= 0.3 is 0 Å². The van der Waals surface area contributed by atoms with Crippen LogP contribution in [0.5, 0.6) is 0 Å². The van der Waals surface area contributed by atoms with Crippen LogP contribution in [-0.4, -0.2) is 30.4 Å². The van der Waals surface area contributed by atoms with Crippen LogP contribution in [0.1, 0.15) is 53.4 Å². The summed E-state index contributed by atoms with van der Waals surface area (Å²) in [5.74, 6) is -0.276. The molecule has 5 heteroatoms. The third-order valence-corrected chi connectivity index (χ3v) is 3.05. The monoisotopic (exact) mass is 271 g/mol. The number of nitrogens with two attached hydrogens (primary N) is 1. The van der Waals surface area contributed by atoms with Crippen molar-refractivity contribution < 1.29 is 9.59 Å². The van der Waals surface area contributed by atoms with Crippen LogP contribution in [-0.2, 0) is 9.59 Å². The summed E-state index contributed by atoms with van der Waals surface area (Å²) in [5.41, 5.74) is 5.67. The Bertz CT molecular complexity index is 280. The van der Waals surface area contributed by atoms with Crippen molar-refractivity contribution in [2.75, 3.05) is 6.54 Å². The van der Waals surface area contributed by atoms with Gasteiger partial charge < -0.3 is 16.4 Å². The molecular weight excluding hydrogens is 242 g/mol. The number of carbonyl (C=O) groups is 2. The van der Waals surface area contributed by atoms with Crippen LogP contribution < -0.4 is 16.4 Å². The Morgan fingerprint density at radius 2 is 1.74 bits per heavy atom. The van der Waals surface area contributed by atoms with Crippen molar-refractivity contribution in [1.29, 1.82) is 0 Å². The van der Waals surface area contributed by atoms with E-state index in [1.54, 1.807) is 6.92 Å². The van der Waals surface area contributed by atoms with Gasteiger partial charge in [-0.05, 0) is 33.1 Å². The molecule has 3 unspecified atom stereocenters. The maximum absolute atomic E-state index is 11.9. The molecule has 0 aliphatic carbocycles. The van der Waals surface area contributed by atoms with Gasteiger partial charge in [0.15, 0.2) is 0 Å². The molecule has 0 aromatic rings. The van der Waals surface area contributed by atoms with E-state index in [-0.39, 0.29) is 23.8 Å². The smallest absolute Gasteiger partial charge is 0.242 e. The third kappa shape index (κ3) is 8.59. The highest BCUT2D eigenvalue weighted by molar-refractivity contribution is 5.87. The Morgan fingerprint density at radius 3 is 2.26 bits per heavy atom. The first kappa shape index (κ1) is 17.9. The van der Waals surface area contributed by atoms with Crippen LogP contribution in [0.25, 0.3) is 0 Å². The highest BCUT2D eigenvalue weighted by Crippen LogP contribution is 2.09. The Hall–Kier alpha value is -1.10. The van der Waals surface area contributed by atoms with Gasteiger partial charge in [0.2, 0.25) is 11.8 Å². The van der Waals surface area contributed by atoms with E-state index in [4.69, 9.17) is 5.73 Å². The lowest BCUT2D eigenvalue weighted by molar-refractivity contribution is -0.130. The molecule has 0 aromatic carbocycles. The highest BCUT2D eigenvalue weighted by Gasteiger charge is 2.19. The summed E-state index contributed by atoms with van der Waals surface area (Å²) in [6, 6.07) is -0.302. The maximum Gasteiger partial charge on any atom is 0.242 e. The Balaban J connectivity index is 3.96. The van der Waals surface area contributed by atoms with Gasteiger partial charge in [0, 0.05) is 18.5 Å². The number of rotatable bonds is 9. The molecule has 2 amide bonds. The second-order valence-corrected chi connectivity index (χ2v) is 5.33. The molecule has 0 aromatic heterocycles. The lowest BCUT2D eigenvalue weighted by Crippen LogP contribution is -2.46. The summed E-state index contributed by atoms with van der Waals surface area (Å²) in [5, 5.41) is 5.51. The minimum atomic E-state index is -0.477. The fourth-order valence-corrected chi connectivity index (χ4v) is 1.70. The van der Waals surface area contributed by atoms with Crippen LogP contribution in [0.4, 0.5) is 0 Å². The topological polar surface area (TPSA) is 84.2 Å². The number of hydrogen-bond acceptors (Lipinski definition) is 3. The van der Waals surface area contributed by atoms with Crippen LogP contribution in [0, 0.1) is 5.92 Å². The first-order valence-electron chi connectivity index (χ1n) is 7.22. The summed E-state index contributed by atoms with van der Waals surface area (Å²) in [7, 11) is 0. The molecule has 0 aliphatic rings. The van der Waals surface area contributed by atoms with Crippen molar-refractivity contribution >= 4 is 11.8 Å². The van der Waals surface area contributed by atoms with Crippen molar-refractivity contribution in [2.45, 2.75) is 65.5 Å². The number of hydrogen-bond donors (Lipinski definition) is 3. The Labute approximate surface area is 116 Å². The summed E-state index contributed by atoms with van der Waals surface area (Å²) in [6.07, 6.45) is 3.55. The minimum absolute atomic E-state index is 0.0659. The first-order chi connectivity index (χ1) is 8.88. The van der Waals surface area contributed by atoms with E-state index in [2.05, 4.69) is 10.6 Å². The molecule has 0 spiro atoms. The van der Waals surface area contributed by atoms with E-state index in [9.17, 15) is 9.59 Å². The SMILES string of the molecule is CCCNC(=O)C(C)NC(=O)C(C)CCCC(C)N. The highest BCUT2D eigenvalue weighted by atomic mass is 16.2. The quantitative estimate of drug-likeness (QED) is 0.588. The molecule has 112 valence electrons. The van der Waals surface area contributed by atoms with E-state index in [1.807, 2.05) is 20.8 Å². The van der Waals surface area contributed by atoms with Crippen LogP contribution >= 0.6 is 0 Å². The van der Waals surface area contributed by atoms with Gasteiger partial charge in [0.25, 0.3) is 0 Å². The maximum atomic E-state index is 11.9. The zero-order valence-electron chi connectivity index (χ0n) is 12.7. The van der Waals surface area contributed by atoms with Gasteiger partial charge in [0.1, 0.15) is 6.04 Å². The zero-order valence-corrected chi connectivity index (χ0v) is 12.7. The first-order valence-corrected chi connectivity index (χ1v) is 7.22. The summed E-state index contributed by atoms with van der Waals surface area (Å²) in [6.45, 7) is 8.18. The van der Waals surface area contributed by atoms with Crippen molar-refractivity contribution in [2.24, 2.45) is 11.7 Å². The van der Waals surface area contributed by atoms with E-state index < -0.39 is 6.04 Å². The fourth-order valence-electron chi connectivity index (χ4n) is 1.70. The second-order valence-electron chi connectivity index (χ2n) is 5.33. The lowest BCUT2D eigenvalue weighted by atomic mass is 10.0. The minimum Gasteiger partial charge on any atom is -0.354 e. The third-order valence-electron chi connectivity index (χ3n) is 3.05. The predicted molar refractivity (Wildman–Crippen MR) is 77.6 cm³/mol. The number of carbonyl (C=O) groups excluding carboxylic acids is 2. The van der Waals surface area contributed by atoms with Crippen molar-refractivity contribution in [3.05, 3.63) is 0 Å². The van der Waals surface area contributed by atoms with Gasteiger partial charge in [-0.25, -0.2) is 0 Å². The zero-order chi connectivity index (χ0) is 14.8. The molecule has 0 saturated carbocycles. The molecule has 0 radical (unpaired) electrons. The normalized spacial score (nSPS) is 15.4. The van der Waals surface area contributed by atoms with E-state index in [0.29, 0.717) is 6.54 Å². The largest absolute Gasteiger partial charge is 0.354 e. The van der Waals surface area contributed by atoms with E-state index in [0.717, 1.165) is 25.7 Å². The number of amides is 2. The molecule has 0 rings (SSSR count). The predicted octanol–water partition coefficient (Wildman–Crippen LogP) is 1.17. The second kappa shape index (κ2) is 9.78. The standard InChI is InChI=1S/C14H29N3O2/c1-5-9-16-14(19)12(4)17-13(18)10(2)7-6-8-11(3)15/h10-12H,5-9,15H2,1-4H3,(H,16,19)(H,17,18).